The Hall–Kier alpha value is -1.56. The van der Waals surface area contributed by atoms with Gasteiger partial charge in [0.05, 0.1) is 6.42 Å². The number of carbonyl (C=O) groups excluding carboxylic acids is 1. The van der Waals surface area contributed by atoms with E-state index in [1.165, 1.54) is 31.2 Å². The van der Waals surface area contributed by atoms with E-state index in [2.05, 4.69) is 0 Å². The maximum Gasteiger partial charge on any atom is 0.390 e. The number of halogens is 3. The van der Waals surface area contributed by atoms with E-state index in [4.69, 9.17) is 10.5 Å². The lowest BCUT2D eigenvalue weighted by Gasteiger charge is -2.14. The molecule has 0 bridgehead atoms. The Kier molecular flexibility index (Phi) is 4.11. The number of esters is 1. The van der Waals surface area contributed by atoms with Crippen LogP contribution in [-0.4, -0.2) is 12.1 Å². The number of hydrogen-bond acceptors (Lipinski definition) is 3. The first kappa shape index (κ1) is 13.5. The van der Waals surface area contributed by atoms with Crippen LogP contribution in [0.15, 0.2) is 24.3 Å². The highest BCUT2D eigenvalue weighted by Gasteiger charge is 2.30. The van der Waals surface area contributed by atoms with Gasteiger partial charge in [-0.05, 0) is 17.7 Å². The molecule has 2 N–H and O–H groups in total. The van der Waals surface area contributed by atoms with Gasteiger partial charge >= 0.3 is 12.1 Å². The molecule has 1 aromatic rings. The summed E-state index contributed by atoms with van der Waals surface area (Å²) in [6.45, 7) is 1.24. The van der Waals surface area contributed by atoms with Gasteiger partial charge in [0.1, 0.15) is 5.75 Å². The quantitative estimate of drug-likeness (QED) is 0.659. The van der Waals surface area contributed by atoms with Gasteiger partial charge in [0.25, 0.3) is 0 Å². The highest BCUT2D eigenvalue weighted by Crippen LogP contribution is 2.28. The second kappa shape index (κ2) is 5.18. The van der Waals surface area contributed by atoms with Gasteiger partial charge in [-0.1, -0.05) is 12.1 Å². The lowest BCUT2D eigenvalue weighted by Crippen LogP contribution is -2.20. The standard InChI is InChI=1S/C11H12F3NO2/c1-7(16)17-9-4-2-8(3-5-9)10(15)6-11(12,13)14/h2-5,10H,6,15H2,1H3/t10-/m1/s1. The number of carbonyl (C=O) groups is 1. The molecular weight excluding hydrogens is 235 g/mol. The number of alkyl halides is 3. The van der Waals surface area contributed by atoms with E-state index < -0.39 is 24.6 Å². The third-order valence-electron chi connectivity index (χ3n) is 2.02. The molecule has 0 unspecified atom stereocenters. The summed E-state index contributed by atoms with van der Waals surface area (Å²) in [5.74, 6) is -0.210. The van der Waals surface area contributed by atoms with E-state index in [0.29, 0.717) is 5.56 Å². The Labute approximate surface area is 96.4 Å². The second-order valence-electron chi connectivity index (χ2n) is 3.59. The Morgan fingerprint density at radius 1 is 1.35 bits per heavy atom. The highest BCUT2D eigenvalue weighted by atomic mass is 19.4. The maximum atomic E-state index is 12.1. The zero-order valence-corrected chi connectivity index (χ0v) is 9.12. The molecule has 94 valence electrons. The average molecular weight is 247 g/mol. The van der Waals surface area contributed by atoms with Crippen molar-refractivity contribution in [2.45, 2.75) is 25.6 Å². The molecule has 0 aromatic heterocycles. The van der Waals surface area contributed by atoms with E-state index >= 15 is 0 Å². The second-order valence-corrected chi connectivity index (χ2v) is 3.59. The fraction of sp³-hybridized carbons (Fsp3) is 0.364. The topological polar surface area (TPSA) is 52.3 Å². The molecule has 0 fully saturated rings. The molecule has 1 rings (SSSR count). The normalized spacial score (nSPS) is 13.2. The molecule has 0 saturated carbocycles. The van der Waals surface area contributed by atoms with Gasteiger partial charge in [-0.2, -0.15) is 13.2 Å². The molecule has 17 heavy (non-hydrogen) atoms. The van der Waals surface area contributed by atoms with E-state index in [0.717, 1.165) is 0 Å². The van der Waals surface area contributed by atoms with Crippen molar-refractivity contribution in [3.8, 4) is 5.75 Å². The Morgan fingerprint density at radius 2 is 1.88 bits per heavy atom. The van der Waals surface area contributed by atoms with Crippen molar-refractivity contribution in [1.29, 1.82) is 0 Å². The smallest absolute Gasteiger partial charge is 0.390 e. The van der Waals surface area contributed by atoms with Crippen LogP contribution in [0.3, 0.4) is 0 Å². The highest BCUT2D eigenvalue weighted by molar-refractivity contribution is 5.69. The van der Waals surface area contributed by atoms with Gasteiger partial charge < -0.3 is 10.5 Å². The average Bonchev–Trinajstić information content (AvgIpc) is 2.15. The monoisotopic (exact) mass is 247 g/mol. The number of rotatable bonds is 3. The summed E-state index contributed by atoms with van der Waals surface area (Å²) in [6, 6.07) is 4.53. The predicted octanol–water partition coefficient (Wildman–Crippen LogP) is 2.56. The third-order valence-corrected chi connectivity index (χ3v) is 2.02. The van der Waals surface area contributed by atoms with E-state index in [9.17, 15) is 18.0 Å². The lowest BCUT2D eigenvalue weighted by atomic mass is 10.0. The van der Waals surface area contributed by atoms with Crippen LogP contribution < -0.4 is 10.5 Å². The minimum absolute atomic E-state index is 0.278. The van der Waals surface area contributed by atoms with Crippen molar-refractivity contribution < 1.29 is 22.7 Å². The van der Waals surface area contributed by atoms with E-state index in [-0.39, 0.29) is 5.75 Å². The van der Waals surface area contributed by atoms with Crippen molar-refractivity contribution in [2.24, 2.45) is 5.73 Å². The molecule has 3 nitrogen and oxygen atoms in total. The fourth-order valence-electron chi connectivity index (χ4n) is 1.32. The molecule has 0 spiro atoms. The van der Waals surface area contributed by atoms with Crippen molar-refractivity contribution >= 4 is 5.97 Å². The van der Waals surface area contributed by atoms with E-state index in [1.807, 2.05) is 0 Å². The molecular formula is C11H12F3NO2. The van der Waals surface area contributed by atoms with Crippen LogP contribution in [0.1, 0.15) is 24.9 Å². The molecule has 0 radical (unpaired) electrons. The van der Waals surface area contributed by atoms with Crippen molar-refractivity contribution in [2.75, 3.05) is 0 Å². The zero-order valence-electron chi connectivity index (χ0n) is 9.12. The van der Waals surface area contributed by atoms with Crippen LogP contribution in [0.25, 0.3) is 0 Å². The molecule has 0 saturated heterocycles. The Morgan fingerprint density at radius 3 is 2.29 bits per heavy atom. The van der Waals surface area contributed by atoms with Gasteiger partial charge in [0.2, 0.25) is 0 Å². The van der Waals surface area contributed by atoms with Gasteiger partial charge in [0, 0.05) is 13.0 Å². The summed E-state index contributed by atoms with van der Waals surface area (Å²) < 4.78 is 41.0. The number of benzene rings is 1. The minimum atomic E-state index is -4.30. The van der Waals surface area contributed by atoms with Gasteiger partial charge in [-0.3, -0.25) is 4.79 Å². The largest absolute Gasteiger partial charge is 0.427 e. The van der Waals surface area contributed by atoms with Crippen LogP contribution in [0.5, 0.6) is 5.75 Å². The molecule has 0 aliphatic heterocycles. The van der Waals surface area contributed by atoms with Gasteiger partial charge in [-0.15, -0.1) is 0 Å². The zero-order chi connectivity index (χ0) is 13.1. The summed E-state index contributed by atoms with van der Waals surface area (Å²) in [5.41, 5.74) is 5.75. The Balaban J connectivity index is 2.70. The van der Waals surface area contributed by atoms with E-state index in [1.54, 1.807) is 0 Å². The Bertz CT molecular complexity index is 387. The van der Waals surface area contributed by atoms with Crippen LogP contribution in [0.4, 0.5) is 13.2 Å². The van der Waals surface area contributed by atoms with Crippen LogP contribution >= 0.6 is 0 Å². The lowest BCUT2D eigenvalue weighted by molar-refractivity contribution is -0.138. The summed E-state index contributed by atoms with van der Waals surface area (Å²) >= 11 is 0. The van der Waals surface area contributed by atoms with Gasteiger partial charge in [-0.25, -0.2) is 0 Å². The summed E-state index contributed by atoms with van der Waals surface area (Å²) in [6.07, 6.45) is -5.38. The SMILES string of the molecule is CC(=O)Oc1ccc([C@H](N)CC(F)(F)F)cc1. The summed E-state index contributed by atoms with van der Waals surface area (Å²) in [7, 11) is 0. The van der Waals surface area contributed by atoms with Crippen molar-refractivity contribution in [3.05, 3.63) is 29.8 Å². The molecule has 6 heteroatoms. The van der Waals surface area contributed by atoms with Crippen LogP contribution in [0.2, 0.25) is 0 Å². The first-order valence-electron chi connectivity index (χ1n) is 4.88. The third kappa shape index (κ3) is 4.86. The molecule has 0 aliphatic carbocycles. The van der Waals surface area contributed by atoms with Gasteiger partial charge in [0.15, 0.2) is 0 Å². The predicted molar refractivity (Wildman–Crippen MR) is 55.4 cm³/mol. The van der Waals surface area contributed by atoms with Crippen LogP contribution in [-0.2, 0) is 4.79 Å². The molecule has 0 amide bonds. The van der Waals surface area contributed by atoms with Crippen LogP contribution in [0, 0.1) is 0 Å². The number of ether oxygens (including phenoxy) is 1. The minimum Gasteiger partial charge on any atom is -0.427 e. The number of hydrogen-bond donors (Lipinski definition) is 1. The molecule has 0 aliphatic rings. The molecule has 1 atom stereocenters. The van der Waals surface area contributed by atoms with Crippen molar-refractivity contribution in [1.82, 2.24) is 0 Å². The summed E-state index contributed by atoms with van der Waals surface area (Å²) in [5, 5.41) is 0. The van der Waals surface area contributed by atoms with Crippen molar-refractivity contribution in [3.63, 3.8) is 0 Å². The fourth-order valence-corrected chi connectivity index (χ4v) is 1.32. The first-order valence-corrected chi connectivity index (χ1v) is 4.88. The maximum absolute atomic E-state index is 12.1. The molecule has 0 heterocycles. The first-order chi connectivity index (χ1) is 7.78. The number of nitrogens with two attached hydrogens (primary N) is 1. The summed E-state index contributed by atoms with van der Waals surface area (Å²) in [4.78, 5) is 10.6. The molecule has 1 aromatic carbocycles.